The van der Waals surface area contributed by atoms with E-state index in [1.54, 1.807) is 7.11 Å². The fraction of sp³-hybridized carbons (Fsp3) is 0.647. The number of piperazine rings is 1. The molecule has 1 aliphatic heterocycles. The van der Waals surface area contributed by atoms with Crippen molar-refractivity contribution >= 4 is 0 Å². The van der Waals surface area contributed by atoms with E-state index in [4.69, 9.17) is 4.74 Å². The monoisotopic (exact) mass is 276 g/mol. The molecule has 0 aromatic heterocycles. The summed E-state index contributed by atoms with van der Waals surface area (Å²) < 4.78 is 5.42. The van der Waals surface area contributed by atoms with Gasteiger partial charge in [0.05, 0.1) is 7.11 Å². The largest absolute Gasteiger partial charge is 0.496 e. The molecule has 0 radical (unpaired) electrons. The molecule has 1 aromatic carbocycles. The van der Waals surface area contributed by atoms with Crippen molar-refractivity contribution in [2.24, 2.45) is 0 Å². The maximum Gasteiger partial charge on any atom is 0.122 e. The van der Waals surface area contributed by atoms with Gasteiger partial charge in [0.15, 0.2) is 0 Å². The summed E-state index contributed by atoms with van der Waals surface area (Å²) in [6.07, 6.45) is 0. The summed E-state index contributed by atoms with van der Waals surface area (Å²) in [6, 6.07) is 4.35. The van der Waals surface area contributed by atoms with Crippen LogP contribution in [0.4, 0.5) is 0 Å². The molecule has 1 aliphatic rings. The zero-order valence-electron chi connectivity index (χ0n) is 13.5. The Labute approximate surface area is 123 Å². The van der Waals surface area contributed by atoms with Crippen LogP contribution in [0.5, 0.6) is 5.75 Å². The Morgan fingerprint density at radius 1 is 1.15 bits per heavy atom. The molecule has 0 bridgehead atoms. The van der Waals surface area contributed by atoms with Crippen LogP contribution >= 0.6 is 0 Å². The van der Waals surface area contributed by atoms with Gasteiger partial charge in [0, 0.05) is 38.1 Å². The molecule has 0 unspecified atom stereocenters. The third-order valence-electron chi connectivity index (χ3n) is 4.52. The van der Waals surface area contributed by atoms with Crippen LogP contribution in [-0.4, -0.2) is 44.7 Å². The average Bonchev–Trinajstić information content (AvgIpc) is 2.42. The van der Waals surface area contributed by atoms with Crippen LogP contribution in [0.1, 0.15) is 30.5 Å². The third-order valence-corrected chi connectivity index (χ3v) is 4.52. The van der Waals surface area contributed by atoms with E-state index in [0.717, 1.165) is 38.5 Å². The molecule has 1 saturated heterocycles. The average molecular weight is 276 g/mol. The van der Waals surface area contributed by atoms with E-state index in [2.05, 4.69) is 50.0 Å². The van der Waals surface area contributed by atoms with E-state index in [1.807, 2.05) is 0 Å². The normalized spacial score (nSPS) is 17.2. The Balaban J connectivity index is 2.22. The van der Waals surface area contributed by atoms with Gasteiger partial charge in [-0.25, -0.2) is 0 Å². The Morgan fingerprint density at radius 2 is 1.80 bits per heavy atom. The van der Waals surface area contributed by atoms with Gasteiger partial charge in [0.2, 0.25) is 0 Å². The van der Waals surface area contributed by atoms with Gasteiger partial charge in [0.25, 0.3) is 0 Å². The lowest BCUT2D eigenvalue weighted by atomic mass is 9.80. The number of nitrogens with one attached hydrogen (secondary N) is 1. The number of hydrogen-bond donors (Lipinski definition) is 1. The van der Waals surface area contributed by atoms with E-state index < -0.39 is 0 Å². The standard InChI is InChI=1S/C17H28N2O/c1-13-14(2)16(20-5)7-6-15(13)17(3,4)12-19-10-8-18-9-11-19/h6-7,18H,8-12H2,1-5H3. The Morgan fingerprint density at radius 3 is 2.40 bits per heavy atom. The van der Waals surface area contributed by atoms with Crippen LogP contribution in [0.3, 0.4) is 0 Å². The van der Waals surface area contributed by atoms with Gasteiger partial charge in [0.1, 0.15) is 5.75 Å². The molecule has 1 N–H and O–H groups in total. The van der Waals surface area contributed by atoms with Gasteiger partial charge >= 0.3 is 0 Å². The smallest absolute Gasteiger partial charge is 0.122 e. The van der Waals surface area contributed by atoms with Crippen molar-refractivity contribution in [3.8, 4) is 5.75 Å². The second-order valence-corrected chi connectivity index (χ2v) is 6.48. The zero-order valence-corrected chi connectivity index (χ0v) is 13.5. The summed E-state index contributed by atoms with van der Waals surface area (Å²) >= 11 is 0. The summed E-state index contributed by atoms with van der Waals surface area (Å²) in [7, 11) is 1.74. The molecule has 20 heavy (non-hydrogen) atoms. The second-order valence-electron chi connectivity index (χ2n) is 6.48. The molecule has 0 spiro atoms. The van der Waals surface area contributed by atoms with Crippen molar-refractivity contribution in [3.63, 3.8) is 0 Å². The molecule has 3 nitrogen and oxygen atoms in total. The number of methoxy groups -OCH3 is 1. The zero-order chi connectivity index (χ0) is 14.8. The predicted octanol–water partition coefficient (Wildman–Crippen LogP) is 2.49. The van der Waals surface area contributed by atoms with Crippen LogP contribution in [0.2, 0.25) is 0 Å². The van der Waals surface area contributed by atoms with Crippen LogP contribution in [0.25, 0.3) is 0 Å². The van der Waals surface area contributed by atoms with Gasteiger partial charge in [-0.2, -0.15) is 0 Å². The first-order chi connectivity index (χ1) is 9.45. The van der Waals surface area contributed by atoms with Gasteiger partial charge in [-0.05, 0) is 36.6 Å². The minimum absolute atomic E-state index is 0.165. The summed E-state index contributed by atoms with van der Waals surface area (Å²) in [5, 5.41) is 3.42. The lowest BCUT2D eigenvalue weighted by Gasteiger charge is -2.36. The summed E-state index contributed by atoms with van der Waals surface area (Å²) in [5.41, 5.74) is 4.23. The molecule has 1 fully saturated rings. The first-order valence-corrected chi connectivity index (χ1v) is 7.53. The van der Waals surface area contributed by atoms with Crippen molar-refractivity contribution in [2.75, 3.05) is 39.8 Å². The molecule has 3 heteroatoms. The maximum absolute atomic E-state index is 5.42. The maximum atomic E-state index is 5.42. The highest BCUT2D eigenvalue weighted by Crippen LogP contribution is 2.32. The van der Waals surface area contributed by atoms with E-state index in [0.29, 0.717) is 0 Å². The SMILES string of the molecule is COc1ccc(C(C)(C)CN2CCNCC2)c(C)c1C. The fourth-order valence-electron chi connectivity index (χ4n) is 3.26. The highest BCUT2D eigenvalue weighted by atomic mass is 16.5. The number of nitrogens with zero attached hydrogens (tertiary/aromatic N) is 1. The van der Waals surface area contributed by atoms with Crippen molar-refractivity contribution in [1.29, 1.82) is 0 Å². The van der Waals surface area contributed by atoms with E-state index in [9.17, 15) is 0 Å². The molecule has 0 saturated carbocycles. The number of rotatable bonds is 4. The lowest BCUT2D eigenvalue weighted by molar-refractivity contribution is 0.199. The van der Waals surface area contributed by atoms with Gasteiger partial charge in [-0.15, -0.1) is 0 Å². The third kappa shape index (κ3) is 3.15. The summed E-state index contributed by atoms with van der Waals surface area (Å²) in [5.74, 6) is 0.990. The topological polar surface area (TPSA) is 24.5 Å². The highest BCUT2D eigenvalue weighted by Gasteiger charge is 2.27. The van der Waals surface area contributed by atoms with Crippen LogP contribution in [-0.2, 0) is 5.41 Å². The highest BCUT2D eigenvalue weighted by molar-refractivity contribution is 5.46. The van der Waals surface area contributed by atoms with Crippen molar-refractivity contribution in [3.05, 3.63) is 28.8 Å². The van der Waals surface area contributed by atoms with Crippen molar-refractivity contribution in [2.45, 2.75) is 33.1 Å². The molecule has 0 atom stereocenters. The Hall–Kier alpha value is -1.06. The quantitative estimate of drug-likeness (QED) is 0.914. The van der Waals surface area contributed by atoms with E-state index in [1.165, 1.54) is 16.7 Å². The fourth-order valence-corrected chi connectivity index (χ4v) is 3.26. The molecular formula is C17H28N2O. The van der Waals surface area contributed by atoms with Crippen molar-refractivity contribution < 1.29 is 4.74 Å². The van der Waals surface area contributed by atoms with Crippen LogP contribution < -0.4 is 10.1 Å². The molecule has 1 aromatic rings. The van der Waals surface area contributed by atoms with Crippen molar-refractivity contribution in [1.82, 2.24) is 10.2 Å². The predicted molar refractivity (Wildman–Crippen MR) is 84.8 cm³/mol. The number of hydrogen-bond acceptors (Lipinski definition) is 3. The van der Waals surface area contributed by atoms with E-state index in [-0.39, 0.29) is 5.41 Å². The molecule has 2 rings (SSSR count). The minimum Gasteiger partial charge on any atom is -0.496 e. The number of benzene rings is 1. The van der Waals surface area contributed by atoms with Crippen LogP contribution in [0, 0.1) is 13.8 Å². The molecular weight excluding hydrogens is 248 g/mol. The van der Waals surface area contributed by atoms with Gasteiger partial charge in [-0.3, -0.25) is 4.90 Å². The summed E-state index contributed by atoms with van der Waals surface area (Å²) in [6.45, 7) is 14.7. The molecule has 0 amide bonds. The Kier molecular flexibility index (Phi) is 4.71. The molecule has 112 valence electrons. The number of ether oxygens (including phenoxy) is 1. The minimum atomic E-state index is 0.165. The van der Waals surface area contributed by atoms with Gasteiger partial charge in [-0.1, -0.05) is 19.9 Å². The van der Waals surface area contributed by atoms with E-state index >= 15 is 0 Å². The summed E-state index contributed by atoms with van der Waals surface area (Å²) in [4.78, 5) is 2.56. The molecule has 1 heterocycles. The Bertz CT molecular complexity index is 462. The first kappa shape index (κ1) is 15.3. The van der Waals surface area contributed by atoms with Gasteiger partial charge < -0.3 is 10.1 Å². The first-order valence-electron chi connectivity index (χ1n) is 7.53. The molecule has 0 aliphatic carbocycles. The lowest BCUT2D eigenvalue weighted by Crippen LogP contribution is -2.48. The van der Waals surface area contributed by atoms with Crippen LogP contribution in [0.15, 0.2) is 12.1 Å². The second kappa shape index (κ2) is 6.15.